The predicted molar refractivity (Wildman–Crippen MR) is 152 cm³/mol. The summed E-state index contributed by atoms with van der Waals surface area (Å²) in [6.07, 6.45) is 3.79. The Hall–Kier alpha value is -4.66. The number of hydrogen-bond acceptors (Lipinski definition) is 3. The van der Waals surface area contributed by atoms with Gasteiger partial charge < -0.3 is 4.74 Å². The first-order chi connectivity index (χ1) is 20.6. The smallest absolute Gasteiger partial charge is 0.426 e. The standard InChI is InChI=1S/C34H26F6N2O/c1-2-3-4-5-21-19-41-33(42-20-21)24-8-13-27(30(36)17-24)22-6-10-25(11-7-22)34(39,40)43-26-12-14-28(31(37)18-26)23-9-15-29(35)32(38)16-23/h6-20H,2-5H2,1H3. The molecule has 5 rings (SSSR count). The molecule has 0 fully saturated rings. The van der Waals surface area contributed by atoms with Gasteiger partial charge in [-0.2, -0.15) is 8.78 Å². The fourth-order valence-corrected chi connectivity index (χ4v) is 4.61. The summed E-state index contributed by atoms with van der Waals surface area (Å²) in [5, 5.41) is 0. The van der Waals surface area contributed by atoms with Gasteiger partial charge in [0, 0.05) is 35.2 Å². The van der Waals surface area contributed by atoms with Gasteiger partial charge in [-0.3, -0.25) is 0 Å². The number of benzene rings is 4. The van der Waals surface area contributed by atoms with E-state index in [2.05, 4.69) is 16.9 Å². The summed E-state index contributed by atoms with van der Waals surface area (Å²) in [6.45, 7) is 2.13. The highest BCUT2D eigenvalue weighted by Crippen LogP contribution is 2.36. The Morgan fingerprint density at radius 2 is 1.23 bits per heavy atom. The lowest BCUT2D eigenvalue weighted by molar-refractivity contribution is -0.185. The number of rotatable bonds is 10. The molecule has 5 aromatic rings. The van der Waals surface area contributed by atoms with Gasteiger partial charge in [-0.25, -0.2) is 27.5 Å². The van der Waals surface area contributed by atoms with E-state index in [4.69, 9.17) is 4.74 Å². The molecule has 0 amide bonds. The molecular formula is C34H26F6N2O. The highest BCUT2D eigenvalue weighted by molar-refractivity contribution is 5.69. The quantitative estimate of drug-likeness (QED) is 0.120. The van der Waals surface area contributed by atoms with Gasteiger partial charge in [0.15, 0.2) is 17.5 Å². The third-order valence-electron chi connectivity index (χ3n) is 6.95. The minimum Gasteiger partial charge on any atom is -0.429 e. The predicted octanol–water partition coefficient (Wildman–Crippen LogP) is 9.89. The zero-order valence-corrected chi connectivity index (χ0v) is 23.1. The van der Waals surface area contributed by atoms with Crippen LogP contribution in [-0.2, 0) is 12.5 Å². The van der Waals surface area contributed by atoms with Crippen LogP contribution < -0.4 is 4.74 Å². The maximum atomic E-state index is 15.1. The monoisotopic (exact) mass is 592 g/mol. The minimum atomic E-state index is -3.85. The van der Waals surface area contributed by atoms with Crippen molar-refractivity contribution in [3.05, 3.63) is 126 Å². The van der Waals surface area contributed by atoms with Gasteiger partial charge in [0.2, 0.25) is 0 Å². The van der Waals surface area contributed by atoms with Crippen LogP contribution in [0.4, 0.5) is 26.3 Å². The molecule has 0 saturated heterocycles. The van der Waals surface area contributed by atoms with E-state index in [-0.39, 0.29) is 16.7 Å². The molecule has 0 spiro atoms. The van der Waals surface area contributed by atoms with Crippen LogP contribution in [0.1, 0.15) is 37.3 Å². The highest BCUT2D eigenvalue weighted by Gasteiger charge is 2.35. The second kappa shape index (κ2) is 12.7. The van der Waals surface area contributed by atoms with E-state index in [1.54, 1.807) is 18.5 Å². The van der Waals surface area contributed by atoms with Crippen LogP contribution in [0.3, 0.4) is 0 Å². The second-order valence-electron chi connectivity index (χ2n) is 10.0. The Morgan fingerprint density at radius 3 is 1.88 bits per heavy atom. The van der Waals surface area contributed by atoms with Crippen LogP contribution in [0.25, 0.3) is 33.6 Å². The first kappa shape index (κ1) is 29.8. The number of aromatic nitrogens is 2. The molecule has 0 saturated carbocycles. The summed E-state index contributed by atoms with van der Waals surface area (Å²) in [4.78, 5) is 8.70. The fraction of sp³-hybridized carbons (Fsp3) is 0.176. The van der Waals surface area contributed by atoms with E-state index in [9.17, 15) is 22.0 Å². The van der Waals surface area contributed by atoms with Gasteiger partial charge in [-0.1, -0.05) is 50.1 Å². The average molecular weight is 593 g/mol. The highest BCUT2D eigenvalue weighted by atomic mass is 19.3. The number of hydrogen-bond donors (Lipinski definition) is 0. The van der Waals surface area contributed by atoms with Gasteiger partial charge in [-0.05, 0) is 72.0 Å². The van der Waals surface area contributed by atoms with Crippen molar-refractivity contribution in [2.75, 3.05) is 0 Å². The van der Waals surface area contributed by atoms with Gasteiger partial charge in [0.1, 0.15) is 17.4 Å². The van der Waals surface area contributed by atoms with Crippen LogP contribution in [0, 0.1) is 23.3 Å². The molecule has 0 unspecified atom stereocenters. The number of nitrogens with zero attached hydrogens (tertiary/aromatic N) is 2. The van der Waals surface area contributed by atoms with Gasteiger partial charge in [0.05, 0.1) is 5.56 Å². The Balaban J connectivity index is 1.28. The summed E-state index contributed by atoms with van der Waals surface area (Å²) < 4.78 is 91.1. The molecule has 0 atom stereocenters. The molecule has 0 N–H and O–H groups in total. The van der Waals surface area contributed by atoms with Crippen molar-refractivity contribution in [3.8, 4) is 39.4 Å². The second-order valence-corrected chi connectivity index (χ2v) is 10.0. The van der Waals surface area contributed by atoms with Crippen LogP contribution in [-0.4, -0.2) is 9.97 Å². The topological polar surface area (TPSA) is 35.0 Å². The molecule has 0 radical (unpaired) electrons. The SMILES string of the molecule is CCCCCc1cnc(-c2ccc(-c3ccc(C(F)(F)Oc4ccc(-c5ccc(F)c(F)c5)c(F)c4)cc3)c(F)c2)nc1. The molecule has 1 heterocycles. The lowest BCUT2D eigenvalue weighted by atomic mass is 10.0. The summed E-state index contributed by atoms with van der Waals surface area (Å²) in [5.41, 5.74) is 1.44. The zero-order valence-electron chi connectivity index (χ0n) is 23.1. The third-order valence-corrected chi connectivity index (χ3v) is 6.95. The summed E-state index contributed by atoms with van der Waals surface area (Å²) in [7, 11) is 0. The Morgan fingerprint density at radius 1 is 0.628 bits per heavy atom. The zero-order chi connectivity index (χ0) is 30.6. The van der Waals surface area contributed by atoms with E-state index in [0.29, 0.717) is 17.0 Å². The number of halogens is 6. The molecule has 220 valence electrons. The number of aryl methyl sites for hydroxylation is 1. The number of ether oxygens (including phenoxy) is 1. The van der Waals surface area contributed by atoms with Crippen LogP contribution in [0.15, 0.2) is 91.3 Å². The minimum absolute atomic E-state index is 0.0359. The van der Waals surface area contributed by atoms with Crippen LogP contribution >= 0.6 is 0 Å². The van der Waals surface area contributed by atoms with Crippen molar-refractivity contribution in [3.63, 3.8) is 0 Å². The largest absolute Gasteiger partial charge is 0.429 e. The lowest BCUT2D eigenvalue weighted by Gasteiger charge is -2.19. The maximum absolute atomic E-state index is 15.1. The van der Waals surface area contributed by atoms with Crippen molar-refractivity contribution >= 4 is 0 Å². The lowest BCUT2D eigenvalue weighted by Crippen LogP contribution is -2.21. The molecule has 0 aliphatic heterocycles. The van der Waals surface area contributed by atoms with Gasteiger partial charge in [0.25, 0.3) is 0 Å². The van der Waals surface area contributed by atoms with Crippen molar-refractivity contribution in [2.45, 2.75) is 38.7 Å². The number of alkyl halides is 2. The summed E-state index contributed by atoms with van der Waals surface area (Å²) in [6, 6.07) is 15.1. The van der Waals surface area contributed by atoms with E-state index in [1.807, 2.05) is 0 Å². The molecule has 4 aromatic carbocycles. The molecule has 0 bridgehead atoms. The average Bonchev–Trinajstić information content (AvgIpc) is 2.99. The third kappa shape index (κ3) is 6.88. The van der Waals surface area contributed by atoms with E-state index in [0.717, 1.165) is 73.7 Å². The fourth-order valence-electron chi connectivity index (χ4n) is 4.61. The van der Waals surface area contributed by atoms with E-state index >= 15 is 4.39 Å². The number of unbranched alkanes of at least 4 members (excludes halogenated alkanes) is 2. The Labute approximate surface area is 244 Å². The maximum Gasteiger partial charge on any atom is 0.426 e. The van der Waals surface area contributed by atoms with E-state index in [1.165, 1.54) is 30.3 Å². The first-order valence-corrected chi connectivity index (χ1v) is 13.7. The molecule has 9 heteroatoms. The molecule has 1 aromatic heterocycles. The van der Waals surface area contributed by atoms with E-state index < -0.39 is 40.7 Å². The van der Waals surface area contributed by atoms with Crippen molar-refractivity contribution in [1.29, 1.82) is 0 Å². The Kier molecular flexibility index (Phi) is 8.80. The first-order valence-electron chi connectivity index (χ1n) is 13.7. The van der Waals surface area contributed by atoms with Crippen molar-refractivity contribution < 1.29 is 31.1 Å². The van der Waals surface area contributed by atoms with Crippen LogP contribution in [0.5, 0.6) is 5.75 Å². The summed E-state index contributed by atoms with van der Waals surface area (Å²) >= 11 is 0. The van der Waals surface area contributed by atoms with Gasteiger partial charge in [-0.15, -0.1) is 0 Å². The van der Waals surface area contributed by atoms with Gasteiger partial charge >= 0.3 is 6.11 Å². The molecule has 43 heavy (non-hydrogen) atoms. The summed E-state index contributed by atoms with van der Waals surface area (Å²) in [5.74, 6) is -3.88. The molecule has 3 nitrogen and oxygen atoms in total. The Bertz CT molecular complexity index is 1720. The van der Waals surface area contributed by atoms with Crippen molar-refractivity contribution in [2.24, 2.45) is 0 Å². The normalized spacial score (nSPS) is 11.5. The molecular weight excluding hydrogens is 566 g/mol. The van der Waals surface area contributed by atoms with Crippen molar-refractivity contribution in [1.82, 2.24) is 9.97 Å². The van der Waals surface area contributed by atoms with Crippen LogP contribution in [0.2, 0.25) is 0 Å². The molecule has 0 aliphatic carbocycles. The molecule has 0 aliphatic rings.